The first-order chi connectivity index (χ1) is 73.2. The molecule has 9 aromatic heterocycles. The van der Waals surface area contributed by atoms with Crippen molar-refractivity contribution < 1.29 is 17.7 Å². The zero-order valence-electron chi connectivity index (χ0n) is 83.0. The monoisotopic (exact) mass is 1930 g/mol. The van der Waals surface area contributed by atoms with Gasteiger partial charge in [-0.1, -0.05) is 363 Å². The molecule has 149 heavy (non-hydrogen) atoms. The molecule has 8 nitrogen and oxygen atoms in total. The predicted molar refractivity (Wildman–Crippen MR) is 630 cm³/mol. The Bertz CT molecular complexity index is 10500. The van der Waals surface area contributed by atoms with Gasteiger partial charge in [0.05, 0.1) is 77.4 Å². The summed E-state index contributed by atoms with van der Waals surface area (Å²) in [6, 6.07) is 174. The number of aromatic nitrogens is 4. The molecule has 31 rings (SSSR count). The summed E-state index contributed by atoms with van der Waals surface area (Å²) in [5, 5.41) is 21.8. The summed E-state index contributed by atoms with van der Waals surface area (Å²) in [7, 11) is 0. The van der Waals surface area contributed by atoms with Crippen molar-refractivity contribution in [3.8, 4) is 78.4 Å². The highest BCUT2D eigenvalue weighted by Gasteiger charge is 2.27. The summed E-state index contributed by atoms with van der Waals surface area (Å²) in [5.74, 6) is 0. The third-order valence-electron chi connectivity index (χ3n) is 30.4. The minimum Gasteiger partial charge on any atom is -0.456 e. The van der Waals surface area contributed by atoms with Gasteiger partial charge in [-0.3, -0.25) is 0 Å². The van der Waals surface area contributed by atoms with Gasteiger partial charge in [0, 0.05) is 95.9 Å². The van der Waals surface area contributed by atoms with Gasteiger partial charge in [0.1, 0.15) is 44.7 Å². The Hall–Kier alpha value is -18.5. The van der Waals surface area contributed by atoms with E-state index in [4.69, 9.17) is 17.7 Å². The predicted octanol–water partition coefficient (Wildman–Crippen LogP) is 40.0. The molecular formula is C140H98N4O4S. The minimum atomic E-state index is 0.121. The standard InChI is InChI=1S/C44H39NO.C36H21NOS.C36H23NO.C24H15NO/c1-43(2,3)32-20-14-28(15-21-32)30-18-24-37-35(26-30)36-27-31(29-16-22-33(23-17-29)44(4,5)6)19-25-38(36)45(37)39-11-9-13-41-42(39)34-10-7-8-12-40(34)46-41;1-4-13-31-25(8-1)29-20-22(24-11-7-12-28-27-10-3-6-15-35(27)39-36(24)28)16-18-32(29)37(31)23-17-19-34-30(21-23)26-9-2-5-14-33(26)38-34;1-3-10-24(11-4-1)26-18-20-31-29(22-26)30-23-27(25-12-5-2-6-13-25)19-21-32(30)37(31)33-15-9-17-35-36(33)28-14-7-8-16-34(28)38-35;1-4-11-19-16(8-1)17-9-2-5-12-20(17)25(19)21-13-7-15-23-24(21)18-10-3-6-14-22(18)26-23/h7-27H,1-6H3;1-21H;1-23H;1-15H. The Balaban J connectivity index is 0.0000000971. The number of hydrogen-bond acceptors (Lipinski definition) is 5. The quantitative estimate of drug-likeness (QED) is 0.144. The molecule has 9 heteroatoms. The van der Waals surface area contributed by atoms with Crippen LogP contribution in [-0.2, 0) is 10.8 Å². The van der Waals surface area contributed by atoms with Gasteiger partial charge in [0.2, 0.25) is 0 Å². The number of para-hydroxylation sites is 7. The summed E-state index contributed by atoms with van der Waals surface area (Å²) < 4.78 is 37.0. The smallest absolute Gasteiger partial charge is 0.137 e. The lowest BCUT2D eigenvalue weighted by Crippen LogP contribution is -2.10. The zero-order chi connectivity index (χ0) is 99.4. The van der Waals surface area contributed by atoms with Crippen LogP contribution >= 0.6 is 11.3 Å². The van der Waals surface area contributed by atoms with Gasteiger partial charge < -0.3 is 35.9 Å². The number of rotatable bonds is 9. The van der Waals surface area contributed by atoms with E-state index >= 15 is 0 Å². The molecular weight excluding hydrogens is 1830 g/mol. The van der Waals surface area contributed by atoms with E-state index in [-0.39, 0.29) is 10.8 Å². The number of nitrogens with zero attached hydrogens (tertiary/aromatic N) is 4. The maximum absolute atomic E-state index is 6.32. The molecule has 0 saturated carbocycles. The van der Waals surface area contributed by atoms with Crippen LogP contribution in [0.1, 0.15) is 52.7 Å². The molecule has 0 aliphatic heterocycles. The van der Waals surface area contributed by atoms with E-state index in [0.717, 1.165) is 111 Å². The maximum Gasteiger partial charge on any atom is 0.137 e. The molecule has 0 aliphatic carbocycles. The molecule has 708 valence electrons. The van der Waals surface area contributed by atoms with Gasteiger partial charge in [-0.25, -0.2) is 0 Å². The fourth-order valence-corrected chi connectivity index (χ4v) is 24.4. The van der Waals surface area contributed by atoms with Gasteiger partial charge in [0.15, 0.2) is 0 Å². The van der Waals surface area contributed by atoms with Crippen molar-refractivity contribution >= 4 is 206 Å². The van der Waals surface area contributed by atoms with Crippen molar-refractivity contribution in [2.24, 2.45) is 0 Å². The fourth-order valence-electron chi connectivity index (χ4n) is 23.1. The van der Waals surface area contributed by atoms with Crippen LogP contribution in [0.15, 0.2) is 503 Å². The summed E-state index contributed by atoms with van der Waals surface area (Å²) in [6.45, 7) is 13.6. The highest BCUT2D eigenvalue weighted by atomic mass is 32.1. The van der Waals surface area contributed by atoms with Crippen LogP contribution in [0.2, 0.25) is 0 Å². The Labute approximate surface area is 863 Å². The van der Waals surface area contributed by atoms with E-state index in [1.54, 1.807) is 0 Å². The van der Waals surface area contributed by atoms with Crippen LogP contribution in [0.3, 0.4) is 0 Å². The number of furan rings is 4. The van der Waals surface area contributed by atoms with E-state index in [9.17, 15) is 0 Å². The Morgan fingerprint density at radius 2 is 0.456 bits per heavy atom. The molecule has 0 aliphatic rings. The zero-order valence-corrected chi connectivity index (χ0v) is 83.8. The van der Waals surface area contributed by atoms with Crippen LogP contribution < -0.4 is 0 Å². The average Bonchev–Trinajstić information content (AvgIpc) is 1.57. The fraction of sp³-hybridized carbons (Fsp3) is 0.0571. The molecule has 0 radical (unpaired) electrons. The van der Waals surface area contributed by atoms with Gasteiger partial charge in [-0.05, 0) is 241 Å². The molecule has 0 spiro atoms. The van der Waals surface area contributed by atoms with Gasteiger partial charge in [-0.2, -0.15) is 0 Å². The Morgan fingerprint density at radius 3 is 0.879 bits per heavy atom. The molecule has 0 N–H and O–H groups in total. The summed E-state index contributed by atoms with van der Waals surface area (Å²) in [4.78, 5) is 0. The molecule has 0 fully saturated rings. The van der Waals surface area contributed by atoms with E-state index in [1.165, 1.54) is 174 Å². The van der Waals surface area contributed by atoms with Gasteiger partial charge in [-0.15, -0.1) is 11.3 Å². The minimum absolute atomic E-state index is 0.121. The first kappa shape index (κ1) is 88.2. The first-order valence-corrected chi connectivity index (χ1v) is 52.0. The molecule has 0 saturated heterocycles. The van der Waals surface area contributed by atoms with Crippen LogP contribution in [0.5, 0.6) is 0 Å². The van der Waals surface area contributed by atoms with E-state index in [0.29, 0.717) is 0 Å². The molecule has 9 heterocycles. The maximum atomic E-state index is 6.32. The first-order valence-electron chi connectivity index (χ1n) is 51.2. The summed E-state index contributed by atoms with van der Waals surface area (Å²) in [6.07, 6.45) is 0. The van der Waals surface area contributed by atoms with Crippen LogP contribution in [0.25, 0.3) is 274 Å². The topological polar surface area (TPSA) is 72.3 Å². The highest BCUT2D eigenvalue weighted by Crippen LogP contribution is 2.49. The Morgan fingerprint density at radius 1 is 0.174 bits per heavy atom. The lowest BCUT2D eigenvalue weighted by atomic mass is 9.86. The molecule has 0 atom stereocenters. The second-order valence-corrected chi connectivity index (χ2v) is 42.3. The molecule has 31 aromatic rings. The van der Waals surface area contributed by atoms with Crippen molar-refractivity contribution in [1.29, 1.82) is 0 Å². The average molecular weight is 1930 g/mol. The van der Waals surface area contributed by atoms with Gasteiger partial charge in [0.25, 0.3) is 0 Å². The number of benzene rings is 22. The van der Waals surface area contributed by atoms with Crippen LogP contribution in [-0.4, -0.2) is 18.3 Å². The lowest BCUT2D eigenvalue weighted by molar-refractivity contribution is 0.590. The van der Waals surface area contributed by atoms with Crippen molar-refractivity contribution in [3.05, 3.63) is 496 Å². The van der Waals surface area contributed by atoms with Crippen molar-refractivity contribution in [2.75, 3.05) is 0 Å². The lowest BCUT2D eigenvalue weighted by Gasteiger charge is -2.19. The normalized spacial score (nSPS) is 12.1. The summed E-state index contributed by atoms with van der Waals surface area (Å²) >= 11 is 1.88. The van der Waals surface area contributed by atoms with Crippen LogP contribution in [0.4, 0.5) is 0 Å². The largest absolute Gasteiger partial charge is 0.456 e. The molecule has 22 aromatic carbocycles. The third kappa shape index (κ3) is 14.9. The second kappa shape index (κ2) is 35.2. The highest BCUT2D eigenvalue weighted by molar-refractivity contribution is 7.26. The van der Waals surface area contributed by atoms with Crippen molar-refractivity contribution in [1.82, 2.24) is 18.3 Å². The van der Waals surface area contributed by atoms with Crippen LogP contribution in [0, 0.1) is 0 Å². The second-order valence-electron chi connectivity index (χ2n) is 41.2. The van der Waals surface area contributed by atoms with E-state index < -0.39 is 0 Å². The number of thiophene rings is 1. The Kier molecular flexibility index (Phi) is 20.8. The molecule has 0 amide bonds. The molecule has 0 bridgehead atoms. The summed E-state index contributed by atoms with van der Waals surface area (Å²) in [5.41, 5.74) is 36.7. The molecule has 0 unspecified atom stereocenters. The van der Waals surface area contributed by atoms with Crippen molar-refractivity contribution in [2.45, 2.75) is 52.4 Å². The number of fused-ring (bicyclic) bond motifs is 27. The van der Waals surface area contributed by atoms with Crippen molar-refractivity contribution in [3.63, 3.8) is 0 Å². The van der Waals surface area contributed by atoms with Gasteiger partial charge >= 0.3 is 0 Å². The van der Waals surface area contributed by atoms with E-state index in [2.05, 4.69) is 497 Å². The van der Waals surface area contributed by atoms with E-state index in [1.807, 2.05) is 59.9 Å². The third-order valence-corrected chi connectivity index (χ3v) is 31.6. The SMILES string of the molecule is CC(C)(C)c1ccc(-c2ccc3c(c2)c2cc(-c4ccc(C(C)(C)C)cc4)ccc2n3-c2cccc3oc4ccccc4c23)cc1.c1ccc(-c2ccc3c(c2)c2cc(-c4ccccc4)ccc2n3-c2cccc3oc4ccccc4c23)cc1.c1ccc2c(c1)oc1ccc(-n3c4ccccc4c4cc(-c5cccc6c5sc5ccccc56)ccc43)cc12.c1ccc2c(c1)oc1cccc(-n3c4ccccc4c4ccccc43)c12. The number of hydrogen-bond donors (Lipinski definition) is 0.